The van der Waals surface area contributed by atoms with Crippen molar-refractivity contribution >= 4 is 23.2 Å². The third-order valence-corrected chi connectivity index (χ3v) is 3.58. The molecule has 0 saturated carbocycles. The van der Waals surface area contributed by atoms with Crippen LogP contribution in [0.25, 0.3) is 0 Å². The number of carboxylic acids is 1. The van der Waals surface area contributed by atoms with Gasteiger partial charge < -0.3 is 10.4 Å². The highest BCUT2D eigenvalue weighted by molar-refractivity contribution is 7.07. The smallest absolute Gasteiger partial charge is 0.335 e. The first-order valence-electron chi connectivity index (χ1n) is 6.02. The molecule has 0 aliphatic carbocycles. The van der Waals surface area contributed by atoms with E-state index in [1.807, 2.05) is 6.92 Å². The van der Waals surface area contributed by atoms with E-state index in [4.69, 9.17) is 5.11 Å². The second-order valence-corrected chi connectivity index (χ2v) is 5.17. The lowest BCUT2D eigenvalue weighted by atomic mass is 10.0. The van der Waals surface area contributed by atoms with Crippen molar-refractivity contribution in [3.63, 3.8) is 0 Å². The van der Waals surface area contributed by atoms with Crippen molar-refractivity contribution in [2.45, 2.75) is 19.9 Å². The maximum Gasteiger partial charge on any atom is 0.335 e. The van der Waals surface area contributed by atoms with Crippen molar-refractivity contribution < 1.29 is 14.7 Å². The summed E-state index contributed by atoms with van der Waals surface area (Å²) < 4.78 is 0. The van der Waals surface area contributed by atoms with E-state index in [1.54, 1.807) is 36.0 Å². The second-order valence-electron chi connectivity index (χ2n) is 4.45. The standard InChI is InChI=1S/C14H14N2O3S/c1-8-5-10(3-4-11(8)14(18)19)9(2)16-13(17)12-6-20-7-15-12/h3-7,9H,1-2H3,(H,16,17)(H,18,19). The summed E-state index contributed by atoms with van der Waals surface area (Å²) in [6, 6.07) is 4.82. The molecule has 104 valence electrons. The second kappa shape index (κ2) is 5.83. The lowest BCUT2D eigenvalue weighted by Crippen LogP contribution is -2.27. The zero-order chi connectivity index (χ0) is 14.7. The first-order chi connectivity index (χ1) is 9.49. The molecule has 0 spiro atoms. The van der Waals surface area contributed by atoms with Crippen LogP contribution in [0.4, 0.5) is 0 Å². The topological polar surface area (TPSA) is 79.3 Å². The summed E-state index contributed by atoms with van der Waals surface area (Å²) in [7, 11) is 0. The molecule has 2 aromatic rings. The van der Waals surface area contributed by atoms with Gasteiger partial charge in [-0.3, -0.25) is 4.79 Å². The molecule has 0 bridgehead atoms. The molecule has 0 radical (unpaired) electrons. The predicted octanol–water partition coefficient (Wildman–Crippen LogP) is 2.64. The van der Waals surface area contributed by atoms with Gasteiger partial charge in [0.05, 0.1) is 17.1 Å². The van der Waals surface area contributed by atoms with E-state index in [0.29, 0.717) is 11.3 Å². The van der Waals surface area contributed by atoms with E-state index in [9.17, 15) is 9.59 Å². The van der Waals surface area contributed by atoms with Crippen molar-refractivity contribution in [3.8, 4) is 0 Å². The van der Waals surface area contributed by atoms with Crippen LogP contribution in [0.15, 0.2) is 29.1 Å². The molecule has 1 heterocycles. The van der Waals surface area contributed by atoms with Crippen molar-refractivity contribution in [3.05, 3.63) is 51.5 Å². The molecule has 1 aromatic heterocycles. The number of benzene rings is 1. The Balaban J connectivity index is 2.13. The number of aryl methyl sites for hydroxylation is 1. The van der Waals surface area contributed by atoms with Gasteiger partial charge in [-0.15, -0.1) is 11.3 Å². The number of aromatic nitrogens is 1. The molecule has 0 saturated heterocycles. The van der Waals surface area contributed by atoms with Crippen LogP contribution >= 0.6 is 11.3 Å². The van der Waals surface area contributed by atoms with Gasteiger partial charge in [-0.25, -0.2) is 9.78 Å². The van der Waals surface area contributed by atoms with E-state index < -0.39 is 5.97 Å². The number of carboxylic acid groups (broad SMARTS) is 1. The average molecular weight is 290 g/mol. The van der Waals surface area contributed by atoms with Crippen LogP contribution in [-0.4, -0.2) is 22.0 Å². The van der Waals surface area contributed by atoms with E-state index in [1.165, 1.54) is 11.3 Å². The van der Waals surface area contributed by atoms with Gasteiger partial charge in [-0.1, -0.05) is 12.1 Å². The van der Waals surface area contributed by atoms with Crippen LogP contribution in [0, 0.1) is 6.92 Å². The predicted molar refractivity (Wildman–Crippen MR) is 76.1 cm³/mol. The highest BCUT2D eigenvalue weighted by atomic mass is 32.1. The number of nitrogens with zero attached hydrogens (tertiary/aromatic N) is 1. The van der Waals surface area contributed by atoms with Gasteiger partial charge in [0.15, 0.2) is 0 Å². The Hall–Kier alpha value is -2.21. The fourth-order valence-electron chi connectivity index (χ4n) is 1.87. The summed E-state index contributed by atoms with van der Waals surface area (Å²) in [5.74, 6) is -1.19. The van der Waals surface area contributed by atoms with Gasteiger partial charge in [0.1, 0.15) is 5.69 Å². The van der Waals surface area contributed by atoms with Gasteiger partial charge in [-0.2, -0.15) is 0 Å². The largest absolute Gasteiger partial charge is 0.478 e. The minimum atomic E-state index is -0.951. The fourth-order valence-corrected chi connectivity index (χ4v) is 2.41. The number of rotatable bonds is 4. The summed E-state index contributed by atoms with van der Waals surface area (Å²) in [5, 5.41) is 13.5. The zero-order valence-corrected chi connectivity index (χ0v) is 11.9. The molecule has 2 rings (SSSR count). The molecule has 2 N–H and O–H groups in total. The number of carbonyl (C=O) groups excluding carboxylic acids is 1. The summed E-state index contributed by atoms with van der Waals surface area (Å²) >= 11 is 1.36. The Labute approximate surface area is 120 Å². The Kier molecular flexibility index (Phi) is 4.14. The lowest BCUT2D eigenvalue weighted by molar-refractivity contribution is 0.0695. The first-order valence-corrected chi connectivity index (χ1v) is 6.96. The molecule has 1 unspecified atom stereocenters. The quantitative estimate of drug-likeness (QED) is 0.907. The molecule has 1 atom stereocenters. The molecule has 0 fully saturated rings. The van der Waals surface area contributed by atoms with E-state index in [-0.39, 0.29) is 17.5 Å². The first kappa shape index (κ1) is 14.2. The third-order valence-electron chi connectivity index (χ3n) is 2.99. The highest BCUT2D eigenvalue weighted by Gasteiger charge is 2.14. The minimum Gasteiger partial charge on any atom is -0.478 e. The van der Waals surface area contributed by atoms with Gasteiger partial charge in [0, 0.05) is 5.38 Å². The Morgan fingerprint density at radius 2 is 2.15 bits per heavy atom. The zero-order valence-electron chi connectivity index (χ0n) is 11.1. The van der Waals surface area contributed by atoms with Gasteiger partial charge in [-0.05, 0) is 31.0 Å². The third kappa shape index (κ3) is 3.03. The number of aromatic carboxylic acids is 1. The Morgan fingerprint density at radius 3 is 2.70 bits per heavy atom. The Morgan fingerprint density at radius 1 is 1.40 bits per heavy atom. The number of amides is 1. The van der Waals surface area contributed by atoms with Crippen molar-refractivity contribution in [1.29, 1.82) is 0 Å². The fraction of sp³-hybridized carbons (Fsp3) is 0.214. The number of nitrogens with one attached hydrogen (secondary N) is 1. The molecular weight excluding hydrogens is 276 g/mol. The number of hydrogen-bond acceptors (Lipinski definition) is 4. The van der Waals surface area contributed by atoms with Crippen LogP contribution in [0.3, 0.4) is 0 Å². The monoisotopic (exact) mass is 290 g/mol. The normalized spacial score (nSPS) is 11.9. The van der Waals surface area contributed by atoms with Gasteiger partial charge in [0.25, 0.3) is 5.91 Å². The highest BCUT2D eigenvalue weighted by Crippen LogP contribution is 2.18. The van der Waals surface area contributed by atoms with Crippen molar-refractivity contribution in [2.75, 3.05) is 0 Å². The van der Waals surface area contributed by atoms with Crippen molar-refractivity contribution in [1.82, 2.24) is 10.3 Å². The molecular formula is C14H14N2O3S. The summed E-state index contributed by atoms with van der Waals surface area (Å²) in [6.45, 7) is 3.58. The average Bonchev–Trinajstić information content (AvgIpc) is 2.91. The lowest BCUT2D eigenvalue weighted by Gasteiger charge is -2.15. The van der Waals surface area contributed by atoms with Crippen LogP contribution < -0.4 is 5.32 Å². The molecule has 0 aliphatic heterocycles. The number of thiazole rings is 1. The Bertz CT molecular complexity index is 638. The van der Waals surface area contributed by atoms with Gasteiger partial charge >= 0.3 is 5.97 Å². The molecule has 1 amide bonds. The number of hydrogen-bond donors (Lipinski definition) is 2. The van der Waals surface area contributed by atoms with Crippen molar-refractivity contribution in [2.24, 2.45) is 0 Å². The van der Waals surface area contributed by atoms with Crippen LogP contribution in [0.2, 0.25) is 0 Å². The summed E-state index contributed by atoms with van der Waals surface area (Å²) in [4.78, 5) is 26.8. The summed E-state index contributed by atoms with van der Waals surface area (Å²) in [6.07, 6.45) is 0. The molecule has 5 nitrogen and oxygen atoms in total. The molecule has 0 aliphatic rings. The molecule has 6 heteroatoms. The SMILES string of the molecule is Cc1cc(C(C)NC(=O)c2cscn2)ccc1C(=O)O. The summed E-state index contributed by atoms with van der Waals surface area (Å²) in [5.41, 5.74) is 3.79. The van der Waals surface area contributed by atoms with E-state index in [2.05, 4.69) is 10.3 Å². The molecule has 1 aromatic carbocycles. The van der Waals surface area contributed by atoms with E-state index >= 15 is 0 Å². The van der Waals surface area contributed by atoms with E-state index in [0.717, 1.165) is 5.56 Å². The van der Waals surface area contributed by atoms with Gasteiger partial charge in [0.2, 0.25) is 0 Å². The maximum atomic E-state index is 11.9. The maximum absolute atomic E-state index is 11.9. The van der Waals surface area contributed by atoms with Crippen LogP contribution in [0.1, 0.15) is 44.9 Å². The van der Waals surface area contributed by atoms with Crippen LogP contribution in [-0.2, 0) is 0 Å². The minimum absolute atomic E-state index is 0.217. The van der Waals surface area contributed by atoms with Crippen LogP contribution in [0.5, 0.6) is 0 Å². The molecule has 20 heavy (non-hydrogen) atoms. The number of carbonyl (C=O) groups is 2.